The molecule has 1 aromatic carbocycles. The number of fused-ring (bicyclic) bond motifs is 1. The molecule has 7 heteroatoms. The number of aromatic nitrogens is 3. The normalized spacial score (nSPS) is 19.0. The van der Waals surface area contributed by atoms with Crippen LogP contribution in [0.25, 0.3) is 0 Å². The van der Waals surface area contributed by atoms with Crippen molar-refractivity contribution in [3.63, 3.8) is 0 Å². The minimum Gasteiger partial charge on any atom is -0.488 e. The molecule has 2 heterocycles. The quantitative estimate of drug-likeness (QED) is 0.653. The molecular formula is C12H14BrN5O. The van der Waals surface area contributed by atoms with Crippen LogP contribution in [-0.2, 0) is 13.5 Å². The van der Waals surface area contributed by atoms with Crippen LogP contribution >= 0.6 is 15.9 Å². The maximum Gasteiger partial charge on any atom is 0.153 e. The van der Waals surface area contributed by atoms with Crippen LogP contribution in [0.5, 0.6) is 5.75 Å². The van der Waals surface area contributed by atoms with Gasteiger partial charge in [0.25, 0.3) is 0 Å². The van der Waals surface area contributed by atoms with Crippen LogP contribution in [-0.4, -0.2) is 21.1 Å². The Morgan fingerprint density at radius 2 is 2.32 bits per heavy atom. The minimum atomic E-state index is -0.179. The van der Waals surface area contributed by atoms with E-state index in [1.54, 1.807) is 4.68 Å². The zero-order valence-electron chi connectivity index (χ0n) is 10.4. The highest BCUT2D eigenvalue weighted by Crippen LogP contribution is 2.34. The Balaban J connectivity index is 1.90. The summed E-state index contributed by atoms with van der Waals surface area (Å²) in [4.78, 5) is 0. The first-order valence-electron chi connectivity index (χ1n) is 5.96. The van der Waals surface area contributed by atoms with E-state index in [1.807, 2.05) is 25.2 Å². The number of halogens is 1. The predicted octanol–water partition coefficient (Wildman–Crippen LogP) is 1.09. The van der Waals surface area contributed by atoms with Gasteiger partial charge in [-0.1, -0.05) is 23.4 Å². The van der Waals surface area contributed by atoms with Gasteiger partial charge in [0.05, 0.1) is 5.69 Å². The van der Waals surface area contributed by atoms with Crippen LogP contribution < -0.4 is 16.0 Å². The van der Waals surface area contributed by atoms with E-state index in [1.165, 1.54) is 5.56 Å². The molecule has 0 aliphatic carbocycles. The van der Waals surface area contributed by atoms with Crippen molar-refractivity contribution in [1.82, 2.24) is 20.4 Å². The molecular weight excluding hydrogens is 310 g/mol. The average Bonchev–Trinajstić information content (AvgIpc) is 2.97. The van der Waals surface area contributed by atoms with E-state index >= 15 is 0 Å². The van der Waals surface area contributed by atoms with Gasteiger partial charge in [0, 0.05) is 13.5 Å². The third kappa shape index (κ3) is 2.13. The Hall–Kier alpha value is -1.44. The Bertz CT molecular complexity index is 555. The summed E-state index contributed by atoms with van der Waals surface area (Å²) < 4.78 is 8.34. The van der Waals surface area contributed by atoms with Crippen LogP contribution in [0, 0.1) is 0 Å². The number of hydrazine groups is 1. The Morgan fingerprint density at radius 1 is 1.53 bits per heavy atom. The van der Waals surface area contributed by atoms with Crippen molar-refractivity contribution in [2.24, 2.45) is 12.9 Å². The molecule has 0 saturated carbocycles. The zero-order chi connectivity index (χ0) is 13.4. The Morgan fingerprint density at radius 3 is 2.95 bits per heavy atom. The number of rotatable bonds is 3. The molecule has 1 aliphatic rings. The smallest absolute Gasteiger partial charge is 0.153 e. The fraction of sp³-hybridized carbons (Fsp3) is 0.333. The summed E-state index contributed by atoms with van der Waals surface area (Å²) in [5, 5.41) is 7.96. The highest BCUT2D eigenvalue weighted by Gasteiger charge is 2.34. The minimum absolute atomic E-state index is 0.0732. The van der Waals surface area contributed by atoms with Gasteiger partial charge in [0.1, 0.15) is 17.9 Å². The second kappa shape index (κ2) is 4.92. The van der Waals surface area contributed by atoms with Gasteiger partial charge in [-0.15, -0.1) is 5.10 Å². The molecule has 3 N–H and O–H groups in total. The van der Waals surface area contributed by atoms with E-state index in [0.717, 1.165) is 17.9 Å². The second-order valence-electron chi connectivity index (χ2n) is 4.50. The lowest BCUT2D eigenvalue weighted by atomic mass is 10.0. The summed E-state index contributed by atoms with van der Waals surface area (Å²) in [6.07, 6.45) is 0.735. The van der Waals surface area contributed by atoms with Crippen LogP contribution in [0.3, 0.4) is 0 Å². The third-order valence-corrected chi connectivity index (χ3v) is 3.91. The van der Waals surface area contributed by atoms with Crippen molar-refractivity contribution in [1.29, 1.82) is 0 Å². The summed E-state index contributed by atoms with van der Waals surface area (Å²) in [5.74, 6) is 6.61. The van der Waals surface area contributed by atoms with Gasteiger partial charge >= 0.3 is 0 Å². The fourth-order valence-corrected chi connectivity index (χ4v) is 3.00. The molecule has 1 aromatic heterocycles. The topological polar surface area (TPSA) is 78.0 Å². The predicted molar refractivity (Wildman–Crippen MR) is 73.3 cm³/mol. The molecule has 19 heavy (non-hydrogen) atoms. The number of ether oxygens (including phenoxy) is 1. The monoisotopic (exact) mass is 323 g/mol. The fourth-order valence-electron chi connectivity index (χ4n) is 2.43. The van der Waals surface area contributed by atoms with Gasteiger partial charge in [0.15, 0.2) is 4.60 Å². The molecule has 1 aliphatic heterocycles. The van der Waals surface area contributed by atoms with Gasteiger partial charge in [-0.05, 0) is 27.6 Å². The van der Waals surface area contributed by atoms with E-state index < -0.39 is 0 Å². The molecule has 2 atom stereocenters. The molecule has 3 rings (SSSR count). The van der Waals surface area contributed by atoms with Crippen molar-refractivity contribution >= 4 is 15.9 Å². The maximum atomic E-state index is 5.96. The second-order valence-corrected chi connectivity index (χ2v) is 5.25. The number of benzene rings is 1. The summed E-state index contributed by atoms with van der Waals surface area (Å²) in [6.45, 7) is 0. The highest BCUT2D eigenvalue weighted by atomic mass is 79.9. The van der Waals surface area contributed by atoms with Crippen LogP contribution in [0.1, 0.15) is 17.3 Å². The number of nitrogens with one attached hydrogen (secondary N) is 1. The van der Waals surface area contributed by atoms with E-state index in [-0.39, 0.29) is 12.1 Å². The summed E-state index contributed by atoms with van der Waals surface area (Å²) in [6, 6.07) is 7.84. The summed E-state index contributed by atoms with van der Waals surface area (Å²) in [7, 11) is 1.83. The first kappa shape index (κ1) is 12.6. The van der Waals surface area contributed by atoms with E-state index in [9.17, 15) is 0 Å². The number of nitrogens with zero attached hydrogens (tertiary/aromatic N) is 3. The Kier molecular flexibility index (Phi) is 3.26. The van der Waals surface area contributed by atoms with Crippen LogP contribution in [0.15, 0.2) is 28.9 Å². The van der Waals surface area contributed by atoms with E-state index in [0.29, 0.717) is 4.60 Å². The molecule has 0 fully saturated rings. The average molecular weight is 324 g/mol. The summed E-state index contributed by atoms with van der Waals surface area (Å²) >= 11 is 3.40. The molecule has 6 nitrogen and oxygen atoms in total. The number of para-hydroxylation sites is 1. The first-order valence-corrected chi connectivity index (χ1v) is 6.75. The lowest BCUT2D eigenvalue weighted by Crippen LogP contribution is -2.40. The SMILES string of the molecule is Cn1nnc(Br)c1C(NN)C1Cc2ccccc2O1. The molecule has 100 valence electrons. The number of hydrogen-bond acceptors (Lipinski definition) is 5. The molecule has 2 aromatic rings. The van der Waals surface area contributed by atoms with Crippen molar-refractivity contribution in [3.05, 3.63) is 40.1 Å². The van der Waals surface area contributed by atoms with E-state index in [2.05, 4.69) is 37.7 Å². The summed E-state index contributed by atoms with van der Waals surface area (Å²) in [5.41, 5.74) is 4.88. The van der Waals surface area contributed by atoms with Gasteiger partial charge < -0.3 is 4.74 Å². The largest absolute Gasteiger partial charge is 0.488 e. The lowest BCUT2D eigenvalue weighted by Gasteiger charge is -2.22. The first-order chi connectivity index (χ1) is 9.20. The number of hydrogen-bond donors (Lipinski definition) is 2. The Labute approximate surface area is 119 Å². The van der Waals surface area contributed by atoms with Gasteiger partial charge in [-0.3, -0.25) is 5.84 Å². The zero-order valence-corrected chi connectivity index (χ0v) is 12.0. The standard InChI is InChI=1S/C12H14BrN5O/c1-18-11(12(13)16-17-18)10(15-14)9-6-7-4-2-3-5-8(7)19-9/h2-5,9-10,15H,6,14H2,1H3. The van der Waals surface area contributed by atoms with Crippen molar-refractivity contribution in [2.45, 2.75) is 18.6 Å². The van der Waals surface area contributed by atoms with Crippen LogP contribution in [0.2, 0.25) is 0 Å². The third-order valence-electron chi connectivity index (χ3n) is 3.34. The lowest BCUT2D eigenvalue weighted by molar-refractivity contribution is 0.174. The molecule has 0 radical (unpaired) electrons. The molecule has 0 bridgehead atoms. The molecule has 2 unspecified atom stereocenters. The van der Waals surface area contributed by atoms with Gasteiger partial charge in [-0.2, -0.15) is 0 Å². The molecule has 0 saturated heterocycles. The van der Waals surface area contributed by atoms with Crippen molar-refractivity contribution < 1.29 is 4.74 Å². The number of nitrogens with two attached hydrogens (primary N) is 1. The van der Waals surface area contributed by atoms with Crippen molar-refractivity contribution in [3.8, 4) is 5.75 Å². The van der Waals surface area contributed by atoms with Gasteiger partial charge in [0.2, 0.25) is 0 Å². The van der Waals surface area contributed by atoms with E-state index in [4.69, 9.17) is 10.6 Å². The highest BCUT2D eigenvalue weighted by molar-refractivity contribution is 9.10. The van der Waals surface area contributed by atoms with Gasteiger partial charge in [-0.25, -0.2) is 10.1 Å². The molecule has 0 amide bonds. The maximum absolute atomic E-state index is 5.96. The molecule has 0 spiro atoms. The van der Waals surface area contributed by atoms with Crippen LogP contribution in [0.4, 0.5) is 0 Å². The number of aryl methyl sites for hydroxylation is 1. The van der Waals surface area contributed by atoms with Crippen molar-refractivity contribution in [2.75, 3.05) is 0 Å².